The Labute approximate surface area is 184 Å². The number of benzene rings is 1. The molecular weight excluding hydrogens is 392 g/mol. The fraction of sp³-hybridized carbons (Fsp3) is 0.600. The van der Waals surface area contributed by atoms with Gasteiger partial charge in [0.05, 0.1) is 4.91 Å². The number of hydrogen-bond acceptors (Lipinski definition) is 3. The molecule has 5 heteroatoms. The zero-order valence-electron chi connectivity index (χ0n) is 18.3. The maximum Gasteiger partial charge on any atom is 0.257 e. The highest BCUT2D eigenvalue weighted by atomic mass is 32.2. The minimum Gasteiger partial charge on any atom is -0.353 e. The van der Waals surface area contributed by atoms with Gasteiger partial charge in [-0.1, -0.05) is 56.5 Å². The first-order valence-corrected chi connectivity index (χ1v) is 12.3. The van der Waals surface area contributed by atoms with Gasteiger partial charge in [-0.3, -0.25) is 9.59 Å². The van der Waals surface area contributed by atoms with E-state index in [1.54, 1.807) is 11.8 Å². The van der Waals surface area contributed by atoms with Crippen molar-refractivity contribution in [2.45, 2.75) is 76.6 Å². The van der Waals surface area contributed by atoms with Crippen LogP contribution in [0.3, 0.4) is 0 Å². The third-order valence-electron chi connectivity index (χ3n) is 7.35. The molecule has 1 aromatic carbocycles. The Hall–Kier alpha value is -1.75. The van der Waals surface area contributed by atoms with Crippen molar-refractivity contribution in [3.63, 3.8) is 0 Å². The van der Waals surface area contributed by atoms with Gasteiger partial charge in [0.25, 0.3) is 5.91 Å². The lowest BCUT2D eigenvalue weighted by atomic mass is 9.77. The number of aryl methyl sites for hydroxylation is 1. The van der Waals surface area contributed by atoms with Crippen LogP contribution in [0.5, 0.6) is 0 Å². The molecule has 3 aliphatic rings. The van der Waals surface area contributed by atoms with Crippen molar-refractivity contribution in [3.05, 3.63) is 40.3 Å². The van der Waals surface area contributed by atoms with Gasteiger partial charge in [0.2, 0.25) is 5.91 Å². The monoisotopic (exact) mass is 426 g/mol. The lowest BCUT2D eigenvalue weighted by Crippen LogP contribution is -2.53. The molecule has 0 spiro atoms. The first kappa shape index (κ1) is 21.5. The number of hydrogen-bond donors (Lipinski definition) is 2. The number of carbonyl (C=O) groups is 2. The van der Waals surface area contributed by atoms with E-state index >= 15 is 0 Å². The van der Waals surface area contributed by atoms with Gasteiger partial charge in [-0.05, 0) is 56.1 Å². The third-order valence-corrected chi connectivity index (χ3v) is 8.77. The molecule has 6 unspecified atom stereocenters. The van der Waals surface area contributed by atoms with Crippen LogP contribution >= 0.6 is 11.8 Å². The highest BCUT2D eigenvalue weighted by molar-refractivity contribution is 8.04. The topological polar surface area (TPSA) is 58.2 Å². The van der Waals surface area contributed by atoms with E-state index in [-0.39, 0.29) is 23.8 Å². The molecule has 4 nitrogen and oxygen atoms in total. The Morgan fingerprint density at radius 1 is 1.20 bits per heavy atom. The normalized spacial score (nSPS) is 35.4. The van der Waals surface area contributed by atoms with Crippen molar-refractivity contribution in [2.24, 2.45) is 17.8 Å². The number of amides is 2. The average molecular weight is 427 g/mol. The molecule has 0 radical (unpaired) electrons. The molecule has 0 aromatic heterocycles. The summed E-state index contributed by atoms with van der Waals surface area (Å²) in [5.41, 5.74) is 2.26. The van der Waals surface area contributed by atoms with Gasteiger partial charge >= 0.3 is 0 Å². The maximum atomic E-state index is 13.0. The molecule has 0 bridgehead atoms. The standard InChI is InChI=1S/C25H34N2O2S/c1-15-6-4-8-18(12-15)13-23-25(29)27-21-14-19(10-11-22(21)30-23)24(28)26-20-9-5-7-16(2)17(20)3/h4,6,8,12-13,16-17,19-22H,5,7,9-11,14H2,1-3H3,(H,26,28)(H,27,29)/b23-13+. The molecule has 1 aliphatic heterocycles. The first-order valence-electron chi connectivity index (χ1n) is 11.5. The van der Waals surface area contributed by atoms with Crippen LogP contribution in [0.25, 0.3) is 6.08 Å². The summed E-state index contributed by atoms with van der Waals surface area (Å²) in [6.45, 7) is 6.63. The summed E-state index contributed by atoms with van der Waals surface area (Å²) in [6, 6.07) is 8.61. The second-order valence-electron chi connectivity index (χ2n) is 9.55. The second-order valence-corrected chi connectivity index (χ2v) is 10.8. The fourth-order valence-corrected chi connectivity index (χ4v) is 6.52. The number of nitrogens with one attached hydrogen (secondary N) is 2. The zero-order chi connectivity index (χ0) is 21.3. The van der Waals surface area contributed by atoms with E-state index in [0.29, 0.717) is 23.1 Å². The minimum absolute atomic E-state index is 0.00135. The highest BCUT2D eigenvalue weighted by Gasteiger charge is 2.40. The van der Waals surface area contributed by atoms with Crippen LogP contribution in [-0.2, 0) is 9.59 Å². The Balaban J connectivity index is 1.36. The van der Waals surface area contributed by atoms with Crippen LogP contribution in [0.1, 0.15) is 63.5 Å². The Bertz CT molecular complexity index is 836. The maximum absolute atomic E-state index is 13.0. The number of carbonyl (C=O) groups excluding carboxylic acids is 2. The van der Waals surface area contributed by atoms with Gasteiger partial charge in [-0.25, -0.2) is 0 Å². The van der Waals surface area contributed by atoms with Crippen molar-refractivity contribution in [1.82, 2.24) is 10.6 Å². The van der Waals surface area contributed by atoms with Gasteiger partial charge < -0.3 is 10.6 Å². The molecule has 1 aromatic rings. The summed E-state index contributed by atoms with van der Waals surface area (Å²) in [7, 11) is 0. The summed E-state index contributed by atoms with van der Waals surface area (Å²) in [4.78, 5) is 26.5. The van der Waals surface area contributed by atoms with Crippen molar-refractivity contribution in [3.8, 4) is 0 Å². The number of thioether (sulfide) groups is 1. The van der Waals surface area contributed by atoms with E-state index in [2.05, 4.69) is 43.5 Å². The van der Waals surface area contributed by atoms with E-state index in [4.69, 9.17) is 0 Å². The van der Waals surface area contributed by atoms with Crippen molar-refractivity contribution in [2.75, 3.05) is 0 Å². The van der Waals surface area contributed by atoms with Crippen molar-refractivity contribution < 1.29 is 9.59 Å². The molecule has 4 rings (SSSR count). The summed E-state index contributed by atoms with van der Waals surface area (Å²) >= 11 is 1.69. The highest BCUT2D eigenvalue weighted by Crippen LogP contribution is 2.40. The van der Waals surface area contributed by atoms with Gasteiger partial charge in [0.1, 0.15) is 0 Å². The second kappa shape index (κ2) is 9.17. The van der Waals surface area contributed by atoms with Crippen LogP contribution in [0.2, 0.25) is 0 Å². The Morgan fingerprint density at radius 2 is 2.03 bits per heavy atom. The predicted molar refractivity (Wildman–Crippen MR) is 124 cm³/mol. The van der Waals surface area contributed by atoms with E-state index in [1.807, 2.05) is 18.2 Å². The Morgan fingerprint density at radius 3 is 2.83 bits per heavy atom. The minimum atomic E-state index is -0.00135. The molecular formula is C25H34N2O2S. The third kappa shape index (κ3) is 4.77. The van der Waals surface area contributed by atoms with Crippen LogP contribution in [-0.4, -0.2) is 29.1 Å². The van der Waals surface area contributed by atoms with Crippen LogP contribution < -0.4 is 10.6 Å². The molecule has 2 aliphatic carbocycles. The summed E-state index contributed by atoms with van der Waals surface area (Å²) in [5.74, 6) is 1.42. The SMILES string of the molecule is Cc1cccc(/C=C2/SC3CCC(C(=O)NC4CCCC(C)C4C)CC3NC2=O)c1. The molecule has 6 atom stereocenters. The van der Waals surface area contributed by atoms with E-state index in [1.165, 1.54) is 18.4 Å². The van der Waals surface area contributed by atoms with Crippen LogP contribution in [0.15, 0.2) is 29.2 Å². The summed E-state index contributed by atoms with van der Waals surface area (Å²) < 4.78 is 0. The van der Waals surface area contributed by atoms with E-state index in [9.17, 15) is 9.59 Å². The number of fused-ring (bicyclic) bond motifs is 1. The largest absolute Gasteiger partial charge is 0.353 e. The van der Waals surface area contributed by atoms with Gasteiger partial charge in [0.15, 0.2) is 0 Å². The molecule has 3 fully saturated rings. The lowest BCUT2D eigenvalue weighted by molar-refractivity contribution is -0.128. The molecule has 2 amide bonds. The van der Waals surface area contributed by atoms with Gasteiger partial charge in [0, 0.05) is 23.3 Å². The molecule has 2 N–H and O–H groups in total. The molecule has 1 heterocycles. The molecule has 2 saturated carbocycles. The predicted octanol–water partition coefficient (Wildman–Crippen LogP) is 4.68. The summed E-state index contributed by atoms with van der Waals surface area (Å²) in [5, 5.41) is 6.91. The molecule has 1 saturated heterocycles. The van der Waals surface area contributed by atoms with E-state index in [0.717, 1.165) is 36.2 Å². The molecule has 30 heavy (non-hydrogen) atoms. The van der Waals surface area contributed by atoms with E-state index < -0.39 is 0 Å². The number of rotatable bonds is 3. The lowest BCUT2D eigenvalue weighted by Gasteiger charge is -2.40. The quantitative estimate of drug-likeness (QED) is 0.690. The van der Waals surface area contributed by atoms with Gasteiger partial charge in [-0.15, -0.1) is 11.8 Å². The van der Waals surface area contributed by atoms with Crippen molar-refractivity contribution >= 4 is 29.7 Å². The fourth-order valence-electron chi connectivity index (χ4n) is 5.23. The first-order chi connectivity index (χ1) is 14.4. The molecule has 162 valence electrons. The Kier molecular flexibility index (Phi) is 6.57. The van der Waals surface area contributed by atoms with Crippen LogP contribution in [0, 0.1) is 24.7 Å². The van der Waals surface area contributed by atoms with Crippen LogP contribution in [0.4, 0.5) is 0 Å². The van der Waals surface area contributed by atoms with Gasteiger partial charge in [-0.2, -0.15) is 0 Å². The zero-order valence-corrected chi connectivity index (χ0v) is 19.1. The summed E-state index contributed by atoms with van der Waals surface area (Å²) in [6.07, 6.45) is 8.18. The average Bonchev–Trinajstić information content (AvgIpc) is 2.71. The van der Waals surface area contributed by atoms with Crippen molar-refractivity contribution in [1.29, 1.82) is 0 Å². The smallest absolute Gasteiger partial charge is 0.257 e.